The Hall–Kier alpha value is -1.64. The molecule has 2 aliphatic heterocycles. The Kier molecular flexibility index (Phi) is 2.40. The van der Waals surface area contributed by atoms with Crippen LogP contribution in [0.2, 0.25) is 0 Å². The Morgan fingerprint density at radius 3 is 2.58 bits per heavy atom. The Morgan fingerprint density at radius 1 is 1.21 bits per heavy atom. The van der Waals surface area contributed by atoms with E-state index in [1.165, 1.54) is 16.7 Å². The smallest absolute Gasteiger partial charge is 0.294 e. The van der Waals surface area contributed by atoms with E-state index in [-0.39, 0.29) is 23.5 Å². The number of ketones is 1. The van der Waals surface area contributed by atoms with Crippen LogP contribution < -0.4 is 4.90 Å². The molecule has 0 saturated heterocycles. The fourth-order valence-corrected chi connectivity index (χ4v) is 3.47. The predicted molar refractivity (Wildman–Crippen MR) is 74.6 cm³/mol. The molecule has 0 atom stereocenters. The second-order valence-corrected chi connectivity index (χ2v) is 6.39. The molecule has 0 saturated carbocycles. The number of rotatable bonds is 0. The van der Waals surface area contributed by atoms with Crippen molar-refractivity contribution in [2.24, 2.45) is 0 Å². The van der Waals surface area contributed by atoms with Gasteiger partial charge < -0.3 is 4.90 Å². The van der Waals surface area contributed by atoms with Crippen LogP contribution in [0.1, 0.15) is 42.5 Å². The maximum Gasteiger partial charge on any atom is 0.294 e. The van der Waals surface area contributed by atoms with Gasteiger partial charge in [-0.05, 0) is 47.9 Å². The molecule has 19 heavy (non-hydrogen) atoms. The second-order valence-electron chi connectivity index (χ2n) is 6.39. The summed E-state index contributed by atoms with van der Waals surface area (Å²) in [6, 6.07) is 2.08. The number of nitrogens with zero attached hydrogens (tertiary/aromatic N) is 1. The average molecular weight is 257 g/mol. The lowest BCUT2D eigenvalue weighted by atomic mass is 9.72. The van der Waals surface area contributed by atoms with E-state index < -0.39 is 0 Å². The molecule has 0 spiro atoms. The summed E-state index contributed by atoms with van der Waals surface area (Å²) in [5.74, 6) is -0.603. The van der Waals surface area contributed by atoms with Crippen LogP contribution in [0.5, 0.6) is 0 Å². The van der Waals surface area contributed by atoms with Gasteiger partial charge >= 0.3 is 0 Å². The highest BCUT2D eigenvalue weighted by atomic mass is 16.2. The zero-order valence-electron chi connectivity index (χ0n) is 12.0. The molecule has 2 aliphatic rings. The third-order valence-corrected chi connectivity index (χ3v) is 4.64. The summed E-state index contributed by atoms with van der Waals surface area (Å²) in [4.78, 5) is 25.6. The van der Waals surface area contributed by atoms with Gasteiger partial charge in [-0.3, -0.25) is 9.59 Å². The topological polar surface area (TPSA) is 37.4 Å². The third kappa shape index (κ3) is 1.57. The lowest BCUT2D eigenvalue weighted by Crippen LogP contribution is -2.48. The highest BCUT2D eigenvalue weighted by Crippen LogP contribution is 2.46. The minimum Gasteiger partial charge on any atom is -0.305 e. The van der Waals surface area contributed by atoms with E-state index in [2.05, 4.69) is 33.8 Å². The Balaban J connectivity index is 2.37. The SMILES string of the molecule is Cc1cc2c3c(c1C)C(C)(C)CCN3C(=O)C(=O)C2. The number of aryl methyl sites for hydroxylation is 1. The molecule has 2 heterocycles. The van der Waals surface area contributed by atoms with Crippen molar-refractivity contribution in [3.05, 3.63) is 28.3 Å². The quantitative estimate of drug-likeness (QED) is 0.669. The molecule has 1 aromatic rings. The maximum absolute atomic E-state index is 12.1. The van der Waals surface area contributed by atoms with Crippen molar-refractivity contribution in [3.63, 3.8) is 0 Å². The normalized spacial score (nSPS) is 20.5. The lowest BCUT2D eigenvalue weighted by molar-refractivity contribution is -0.136. The first-order valence-corrected chi connectivity index (χ1v) is 6.81. The number of anilines is 1. The van der Waals surface area contributed by atoms with Crippen molar-refractivity contribution < 1.29 is 9.59 Å². The van der Waals surface area contributed by atoms with Gasteiger partial charge in [0.25, 0.3) is 5.91 Å². The third-order valence-electron chi connectivity index (χ3n) is 4.64. The Bertz CT molecular complexity index is 614. The summed E-state index contributed by atoms with van der Waals surface area (Å²) in [5.41, 5.74) is 5.84. The van der Waals surface area contributed by atoms with E-state index >= 15 is 0 Å². The van der Waals surface area contributed by atoms with Crippen LogP contribution >= 0.6 is 0 Å². The van der Waals surface area contributed by atoms with Crippen LogP contribution in [0, 0.1) is 13.8 Å². The molecule has 100 valence electrons. The zero-order valence-corrected chi connectivity index (χ0v) is 12.0. The number of amides is 1. The van der Waals surface area contributed by atoms with Gasteiger partial charge in [-0.2, -0.15) is 0 Å². The summed E-state index contributed by atoms with van der Waals surface area (Å²) in [5, 5.41) is 0. The monoisotopic (exact) mass is 257 g/mol. The van der Waals surface area contributed by atoms with E-state index in [9.17, 15) is 9.59 Å². The Morgan fingerprint density at radius 2 is 1.89 bits per heavy atom. The molecule has 0 bridgehead atoms. The standard InChI is InChI=1S/C16H19NO2/c1-9-7-11-8-12(18)15(19)17-6-5-16(3,4)13(10(9)2)14(11)17/h7H,5-6,8H2,1-4H3. The van der Waals surface area contributed by atoms with Gasteiger partial charge in [-0.15, -0.1) is 0 Å². The fourth-order valence-electron chi connectivity index (χ4n) is 3.47. The van der Waals surface area contributed by atoms with E-state index in [0.29, 0.717) is 6.54 Å². The molecule has 0 unspecified atom stereocenters. The number of benzene rings is 1. The molecule has 0 N–H and O–H groups in total. The Labute approximate surface area is 113 Å². The van der Waals surface area contributed by atoms with E-state index in [1.807, 2.05) is 0 Å². The zero-order chi connectivity index (χ0) is 13.9. The number of carbonyl (C=O) groups excluding carboxylic acids is 2. The van der Waals surface area contributed by atoms with Gasteiger partial charge in [-0.1, -0.05) is 19.9 Å². The van der Waals surface area contributed by atoms with E-state index in [1.54, 1.807) is 4.90 Å². The van der Waals surface area contributed by atoms with Crippen LogP contribution in [0.25, 0.3) is 0 Å². The predicted octanol–water partition coefficient (Wildman–Crippen LogP) is 2.44. The van der Waals surface area contributed by atoms with Crippen LogP contribution in [-0.2, 0) is 21.4 Å². The van der Waals surface area contributed by atoms with Gasteiger partial charge in [0.2, 0.25) is 5.78 Å². The van der Waals surface area contributed by atoms with Crippen LogP contribution in [0.3, 0.4) is 0 Å². The first-order chi connectivity index (χ1) is 8.83. The minimum atomic E-state index is -0.326. The summed E-state index contributed by atoms with van der Waals surface area (Å²) >= 11 is 0. The summed E-state index contributed by atoms with van der Waals surface area (Å²) in [7, 11) is 0. The summed E-state index contributed by atoms with van der Waals surface area (Å²) < 4.78 is 0. The number of Topliss-reactive ketones (excluding diaryl/α,β-unsaturated/α-hetero) is 1. The van der Waals surface area contributed by atoms with Crippen molar-refractivity contribution >= 4 is 17.4 Å². The largest absolute Gasteiger partial charge is 0.305 e. The number of hydrogen-bond acceptors (Lipinski definition) is 2. The fraction of sp³-hybridized carbons (Fsp3) is 0.500. The van der Waals surface area contributed by atoms with Gasteiger partial charge in [0.05, 0.1) is 5.69 Å². The van der Waals surface area contributed by atoms with Crippen LogP contribution in [-0.4, -0.2) is 18.2 Å². The summed E-state index contributed by atoms with van der Waals surface area (Å²) in [6.45, 7) is 9.32. The minimum absolute atomic E-state index is 0.0668. The molecule has 0 aliphatic carbocycles. The van der Waals surface area contributed by atoms with Gasteiger partial charge in [0, 0.05) is 13.0 Å². The highest BCUT2D eigenvalue weighted by molar-refractivity contribution is 6.43. The molecule has 3 nitrogen and oxygen atoms in total. The maximum atomic E-state index is 12.1. The van der Waals surface area contributed by atoms with Crippen molar-refractivity contribution in [1.29, 1.82) is 0 Å². The van der Waals surface area contributed by atoms with E-state index in [4.69, 9.17) is 0 Å². The molecule has 1 aromatic carbocycles. The molecule has 0 radical (unpaired) electrons. The number of carbonyl (C=O) groups is 2. The lowest BCUT2D eigenvalue weighted by Gasteiger charge is -2.43. The van der Waals surface area contributed by atoms with Crippen LogP contribution in [0.4, 0.5) is 5.69 Å². The van der Waals surface area contributed by atoms with Crippen LogP contribution in [0.15, 0.2) is 6.07 Å². The number of hydrogen-bond donors (Lipinski definition) is 0. The molecule has 1 amide bonds. The van der Waals surface area contributed by atoms with E-state index in [0.717, 1.165) is 17.7 Å². The van der Waals surface area contributed by atoms with Crippen molar-refractivity contribution in [1.82, 2.24) is 0 Å². The molecule has 3 heteroatoms. The van der Waals surface area contributed by atoms with Crippen molar-refractivity contribution in [3.8, 4) is 0 Å². The van der Waals surface area contributed by atoms with Gasteiger partial charge in [-0.25, -0.2) is 0 Å². The van der Waals surface area contributed by atoms with Crippen molar-refractivity contribution in [2.75, 3.05) is 11.4 Å². The van der Waals surface area contributed by atoms with Crippen molar-refractivity contribution in [2.45, 2.75) is 46.0 Å². The average Bonchev–Trinajstić information content (AvgIpc) is 2.32. The first kappa shape index (κ1) is 12.4. The van der Waals surface area contributed by atoms with Gasteiger partial charge in [0.1, 0.15) is 0 Å². The summed E-state index contributed by atoms with van der Waals surface area (Å²) in [6.07, 6.45) is 1.16. The van der Waals surface area contributed by atoms with Gasteiger partial charge in [0.15, 0.2) is 0 Å². The second kappa shape index (κ2) is 3.69. The first-order valence-electron chi connectivity index (χ1n) is 6.81. The highest BCUT2D eigenvalue weighted by Gasteiger charge is 2.41. The molecule has 0 aromatic heterocycles. The molecule has 0 fully saturated rings. The molecular weight excluding hydrogens is 238 g/mol. The molecule has 3 rings (SSSR count). The molecular formula is C16H19NO2.